The number of fused-ring (bicyclic) bond motifs is 1. The standard InChI is InChI=1S/C21H20F3N3O3S/c1-2-30-19(29)14-7-9-26(10-8-14)18(28)16-17(27-11-12-31-20(27)25-16)13-3-5-15(6-4-13)21(22,23)24/h3-6,11-12,14H,2,7-10H2,1H3. The van der Waals surface area contributed by atoms with Crippen LogP contribution in [0.2, 0.25) is 0 Å². The highest BCUT2D eigenvalue weighted by atomic mass is 32.1. The van der Waals surface area contributed by atoms with Crippen molar-refractivity contribution < 1.29 is 27.5 Å². The molecule has 164 valence electrons. The van der Waals surface area contributed by atoms with E-state index < -0.39 is 11.7 Å². The number of likely N-dealkylation sites (tertiary alicyclic amines) is 1. The Morgan fingerprint density at radius 3 is 2.48 bits per heavy atom. The third-order valence-electron chi connectivity index (χ3n) is 5.35. The molecule has 1 aliphatic heterocycles. The second kappa shape index (κ2) is 8.33. The molecule has 0 atom stereocenters. The molecule has 6 nitrogen and oxygen atoms in total. The van der Waals surface area contributed by atoms with Gasteiger partial charge >= 0.3 is 12.1 Å². The quantitative estimate of drug-likeness (QED) is 0.548. The lowest BCUT2D eigenvalue weighted by Crippen LogP contribution is -2.41. The van der Waals surface area contributed by atoms with E-state index in [1.807, 2.05) is 0 Å². The third kappa shape index (κ3) is 4.16. The average Bonchev–Trinajstić information content (AvgIpc) is 3.34. The molecule has 4 rings (SSSR count). The van der Waals surface area contributed by atoms with Crippen LogP contribution in [0, 0.1) is 5.92 Å². The van der Waals surface area contributed by atoms with Crippen molar-refractivity contribution in [3.05, 3.63) is 47.1 Å². The minimum Gasteiger partial charge on any atom is -0.466 e. The van der Waals surface area contributed by atoms with Gasteiger partial charge in [0.25, 0.3) is 5.91 Å². The summed E-state index contributed by atoms with van der Waals surface area (Å²) in [5.41, 5.74) is 0.378. The van der Waals surface area contributed by atoms with Gasteiger partial charge in [-0.15, -0.1) is 11.3 Å². The Kier molecular flexibility index (Phi) is 5.74. The Hall–Kier alpha value is -2.88. The lowest BCUT2D eigenvalue weighted by molar-refractivity contribution is -0.149. The van der Waals surface area contributed by atoms with Gasteiger partial charge in [-0.1, -0.05) is 12.1 Å². The smallest absolute Gasteiger partial charge is 0.416 e. The van der Waals surface area contributed by atoms with E-state index >= 15 is 0 Å². The number of ether oxygens (including phenoxy) is 1. The van der Waals surface area contributed by atoms with E-state index in [-0.39, 0.29) is 23.5 Å². The first-order chi connectivity index (χ1) is 14.8. The molecule has 0 saturated carbocycles. The minimum atomic E-state index is -4.43. The fraction of sp³-hybridized carbons (Fsp3) is 0.381. The van der Waals surface area contributed by atoms with Crippen LogP contribution in [-0.4, -0.2) is 45.9 Å². The van der Waals surface area contributed by atoms with E-state index in [4.69, 9.17) is 4.74 Å². The molecule has 3 aromatic rings. The SMILES string of the molecule is CCOC(=O)C1CCN(C(=O)c2nc3sccn3c2-c2ccc(C(F)(F)F)cc2)CC1. The summed E-state index contributed by atoms with van der Waals surface area (Å²) >= 11 is 1.34. The van der Waals surface area contributed by atoms with Crippen molar-refractivity contribution in [3.63, 3.8) is 0 Å². The van der Waals surface area contributed by atoms with Crippen LogP contribution in [-0.2, 0) is 15.7 Å². The molecule has 10 heteroatoms. The highest BCUT2D eigenvalue weighted by molar-refractivity contribution is 7.15. The van der Waals surface area contributed by atoms with E-state index in [0.717, 1.165) is 12.1 Å². The van der Waals surface area contributed by atoms with Crippen LogP contribution in [0.15, 0.2) is 35.8 Å². The van der Waals surface area contributed by atoms with Crippen molar-refractivity contribution >= 4 is 28.2 Å². The Balaban J connectivity index is 1.61. The van der Waals surface area contributed by atoms with Gasteiger partial charge in [-0.05, 0) is 31.9 Å². The number of esters is 1. The van der Waals surface area contributed by atoms with Gasteiger partial charge < -0.3 is 9.64 Å². The number of imidazole rings is 1. The molecule has 0 aliphatic carbocycles. The normalized spacial score (nSPS) is 15.4. The molecule has 1 aromatic carbocycles. The molecule has 1 amide bonds. The van der Waals surface area contributed by atoms with Crippen molar-refractivity contribution in [1.29, 1.82) is 0 Å². The molecule has 1 fully saturated rings. The van der Waals surface area contributed by atoms with Gasteiger partial charge in [0.2, 0.25) is 0 Å². The van der Waals surface area contributed by atoms with E-state index in [2.05, 4.69) is 4.98 Å². The van der Waals surface area contributed by atoms with Gasteiger partial charge in [-0.25, -0.2) is 4.98 Å². The number of hydrogen-bond donors (Lipinski definition) is 0. The van der Waals surface area contributed by atoms with Crippen molar-refractivity contribution in [2.45, 2.75) is 25.9 Å². The second-order valence-electron chi connectivity index (χ2n) is 7.26. The van der Waals surface area contributed by atoms with Crippen LogP contribution < -0.4 is 0 Å². The maximum Gasteiger partial charge on any atom is 0.416 e. The lowest BCUT2D eigenvalue weighted by Gasteiger charge is -2.30. The van der Waals surface area contributed by atoms with E-state index in [0.29, 0.717) is 48.8 Å². The lowest BCUT2D eigenvalue weighted by atomic mass is 9.96. The van der Waals surface area contributed by atoms with Crippen molar-refractivity contribution in [3.8, 4) is 11.3 Å². The number of aromatic nitrogens is 2. The summed E-state index contributed by atoms with van der Waals surface area (Å²) in [6.45, 7) is 2.85. The number of thiazole rings is 1. The molecule has 31 heavy (non-hydrogen) atoms. The van der Waals surface area contributed by atoms with Crippen LogP contribution in [0.25, 0.3) is 16.2 Å². The third-order valence-corrected chi connectivity index (χ3v) is 6.11. The number of halogens is 3. The highest BCUT2D eigenvalue weighted by Gasteiger charge is 2.33. The summed E-state index contributed by atoms with van der Waals surface area (Å²) in [6.07, 6.45) is -1.69. The van der Waals surface area contributed by atoms with Crippen molar-refractivity contribution in [2.75, 3.05) is 19.7 Å². The van der Waals surface area contributed by atoms with Gasteiger partial charge in [0, 0.05) is 30.2 Å². The number of carbonyl (C=O) groups is 2. The Labute approximate surface area is 180 Å². The van der Waals surface area contributed by atoms with Crippen LogP contribution in [0.5, 0.6) is 0 Å². The Morgan fingerprint density at radius 1 is 1.19 bits per heavy atom. The van der Waals surface area contributed by atoms with Gasteiger partial charge in [0.15, 0.2) is 10.7 Å². The van der Waals surface area contributed by atoms with Crippen LogP contribution in [0.1, 0.15) is 35.8 Å². The molecule has 3 heterocycles. The van der Waals surface area contributed by atoms with Gasteiger partial charge in [0.1, 0.15) is 0 Å². The summed E-state index contributed by atoms with van der Waals surface area (Å²) in [7, 11) is 0. The molecule has 0 radical (unpaired) electrons. The van der Waals surface area contributed by atoms with Crippen molar-refractivity contribution in [1.82, 2.24) is 14.3 Å². The number of alkyl halides is 3. The van der Waals surface area contributed by atoms with Crippen molar-refractivity contribution in [2.24, 2.45) is 5.92 Å². The Morgan fingerprint density at radius 2 is 1.87 bits per heavy atom. The molecule has 0 bridgehead atoms. The number of nitrogens with zero attached hydrogens (tertiary/aromatic N) is 3. The number of hydrogen-bond acceptors (Lipinski definition) is 5. The molecule has 2 aromatic heterocycles. The predicted molar refractivity (Wildman–Crippen MR) is 109 cm³/mol. The summed E-state index contributed by atoms with van der Waals surface area (Å²) in [5.74, 6) is -0.778. The molecule has 0 unspecified atom stereocenters. The Bertz CT molecular complexity index is 1100. The van der Waals surface area contributed by atoms with Gasteiger partial charge in [-0.3, -0.25) is 14.0 Å². The summed E-state index contributed by atoms with van der Waals surface area (Å²) in [4.78, 5) is 31.9. The van der Waals surface area contributed by atoms with Gasteiger partial charge in [-0.2, -0.15) is 13.2 Å². The summed E-state index contributed by atoms with van der Waals surface area (Å²) in [6, 6.07) is 4.71. The largest absolute Gasteiger partial charge is 0.466 e. The fourth-order valence-electron chi connectivity index (χ4n) is 3.76. The average molecular weight is 451 g/mol. The first kappa shape index (κ1) is 21.4. The van der Waals surface area contributed by atoms with Gasteiger partial charge in [0.05, 0.1) is 23.8 Å². The first-order valence-corrected chi connectivity index (χ1v) is 10.8. The molecule has 1 saturated heterocycles. The van der Waals surface area contributed by atoms with Crippen LogP contribution >= 0.6 is 11.3 Å². The maximum absolute atomic E-state index is 13.2. The van der Waals surface area contributed by atoms with Crippen LogP contribution in [0.3, 0.4) is 0 Å². The minimum absolute atomic E-state index is 0.196. The fourth-order valence-corrected chi connectivity index (χ4v) is 4.47. The molecule has 0 spiro atoms. The maximum atomic E-state index is 13.2. The monoisotopic (exact) mass is 451 g/mol. The van der Waals surface area contributed by atoms with E-state index in [1.165, 1.54) is 23.5 Å². The summed E-state index contributed by atoms with van der Waals surface area (Å²) < 4.78 is 45.6. The topological polar surface area (TPSA) is 63.9 Å². The van der Waals surface area contributed by atoms with E-state index in [9.17, 15) is 22.8 Å². The number of amides is 1. The molecular formula is C21H20F3N3O3S. The predicted octanol–water partition coefficient (Wildman–Crippen LogP) is 4.50. The van der Waals surface area contributed by atoms with Crippen LogP contribution in [0.4, 0.5) is 13.2 Å². The number of rotatable bonds is 4. The second-order valence-corrected chi connectivity index (χ2v) is 8.13. The molecular weight excluding hydrogens is 431 g/mol. The number of benzene rings is 1. The zero-order chi connectivity index (χ0) is 22.2. The number of piperidine rings is 1. The number of carbonyl (C=O) groups excluding carboxylic acids is 2. The van der Waals surface area contributed by atoms with E-state index in [1.54, 1.807) is 27.8 Å². The molecule has 0 N–H and O–H groups in total. The first-order valence-electron chi connectivity index (χ1n) is 9.88. The zero-order valence-electron chi connectivity index (χ0n) is 16.7. The zero-order valence-corrected chi connectivity index (χ0v) is 17.5. The molecule has 1 aliphatic rings. The summed E-state index contributed by atoms with van der Waals surface area (Å²) in [5, 5.41) is 1.80. The highest BCUT2D eigenvalue weighted by Crippen LogP contribution is 2.33.